The van der Waals surface area contributed by atoms with Gasteiger partial charge in [0.05, 0.1) is 12.3 Å². The highest BCUT2D eigenvalue weighted by Crippen LogP contribution is 2.30. The first-order chi connectivity index (χ1) is 11.3. The van der Waals surface area contributed by atoms with Crippen LogP contribution in [0.1, 0.15) is 39.5 Å². The number of unbranched alkanes of at least 4 members (excludes halogenated alkanes) is 2. The van der Waals surface area contributed by atoms with Crippen molar-refractivity contribution in [1.82, 2.24) is 9.97 Å². The molecule has 0 saturated heterocycles. The second-order valence-electron chi connectivity index (χ2n) is 5.27. The summed E-state index contributed by atoms with van der Waals surface area (Å²) in [6.07, 6.45) is 7.80. The molecule has 0 fully saturated rings. The highest BCUT2D eigenvalue weighted by Gasteiger charge is 2.05. The number of nitrogens with one attached hydrogen (secondary N) is 2. The Hall–Kier alpha value is -2.37. The zero-order valence-corrected chi connectivity index (χ0v) is 13.9. The number of anilines is 1. The molecule has 0 radical (unpaired) electrons. The summed E-state index contributed by atoms with van der Waals surface area (Å²) in [5.41, 5.74) is 1.71. The average Bonchev–Trinajstić information content (AvgIpc) is 3.08. The van der Waals surface area contributed by atoms with Gasteiger partial charge >= 0.3 is 0 Å². The molecule has 0 aliphatic heterocycles. The summed E-state index contributed by atoms with van der Waals surface area (Å²) in [6.45, 7) is 5.96. The van der Waals surface area contributed by atoms with E-state index in [0.29, 0.717) is 5.95 Å². The molecule has 0 amide bonds. The number of imidazole rings is 1. The van der Waals surface area contributed by atoms with Gasteiger partial charge in [-0.25, -0.2) is 4.98 Å². The topological polar surface area (TPSA) is 74.7 Å². The van der Waals surface area contributed by atoms with Gasteiger partial charge in [-0.3, -0.25) is 0 Å². The van der Waals surface area contributed by atoms with Gasteiger partial charge in [-0.1, -0.05) is 26.7 Å². The van der Waals surface area contributed by atoms with Crippen molar-refractivity contribution in [3.8, 4) is 5.75 Å². The van der Waals surface area contributed by atoms with E-state index in [1.54, 1.807) is 12.4 Å². The fourth-order valence-corrected chi connectivity index (χ4v) is 1.98. The van der Waals surface area contributed by atoms with Crippen LogP contribution in [0, 0.1) is 0 Å². The van der Waals surface area contributed by atoms with Gasteiger partial charge in [0.15, 0.2) is 0 Å². The first-order valence-corrected chi connectivity index (χ1v) is 8.25. The van der Waals surface area contributed by atoms with Crippen LogP contribution in [-0.2, 0) is 0 Å². The van der Waals surface area contributed by atoms with Gasteiger partial charge in [0.1, 0.15) is 11.4 Å². The number of hydrogen-bond acceptors (Lipinski definition) is 5. The Morgan fingerprint density at radius 1 is 1.17 bits per heavy atom. The molecule has 0 bridgehead atoms. The van der Waals surface area contributed by atoms with E-state index < -0.39 is 0 Å². The lowest BCUT2D eigenvalue weighted by Gasteiger charge is -2.11. The molecular formula is C17H25N5O. The Morgan fingerprint density at radius 3 is 2.78 bits per heavy atom. The van der Waals surface area contributed by atoms with Crippen LogP contribution in [0.15, 0.2) is 40.8 Å². The molecule has 0 unspecified atom stereocenters. The third-order valence-electron chi connectivity index (χ3n) is 3.32. The van der Waals surface area contributed by atoms with Gasteiger partial charge in [-0.15, -0.1) is 10.2 Å². The summed E-state index contributed by atoms with van der Waals surface area (Å²) in [5.74, 6) is 1.35. The molecule has 0 saturated carbocycles. The van der Waals surface area contributed by atoms with Crippen molar-refractivity contribution < 1.29 is 4.74 Å². The number of ether oxygens (including phenoxy) is 1. The average molecular weight is 315 g/mol. The van der Waals surface area contributed by atoms with E-state index in [-0.39, 0.29) is 0 Å². The maximum atomic E-state index is 5.77. The van der Waals surface area contributed by atoms with Crippen LogP contribution in [0.25, 0.3) is 0 Å². The van der Waals surface area contributed by atoms with Gasteiger partial charge in [0.2, 0.25) is 5.95 Å². The quantitative estimate of drug-likeness (QED) is 0.466. The van der Waals surface area contributed by atoms with Crippen molar-refractivity contribution in [3.63, 3.8) is 0 Å². The number of aromatic nitrogens is 2. The molecule has 23 heavy (non-hydrogen) atoms. The van der Waals surface area contributed by atoms with E-state index >= 15 is 0 Å². The van der Waals surface area contributed by atoms with Gasteiger partial charge in [-0.2, -0.15) is 0 Å². The second kappa shape index (κ2) is 9.61. The Morgan fingerprint density at radius 2 is 2.04 bits per heavy atom. The maximum Gasteiger partial charge on any atom is 0.246 e. The SMILES string of the molecule is CCCCNc1cc(OCCCC)ccc1N=Nc1ncc[nH]1. The third-order valence-corrected chi connectivity index (χ3v) is 3.32. The number of benzene rings is 1. The predicted octanol–water partition coefficient (Wildman–Crippen LogP) is 5.22. The normalized spacial score (nSPS) is 11.0. The predicted molar refractivity (Wildman–Crippen MR) is 93.0 cm³/mol. The number of azo groups is 1. The van der Waals surface area contributed by atoms with Crippen molar-refractivity contribution in [3.05, 3.63) is 30.6 Å². The molecule has 0 spiro atoms. The molecular weight excluding hydrogens is 290 g/mol. The Balaban J connectivity index is 2.10. The fraction of sp³-hybridized carbons (Fsp3) is 0.471. The summed E-state index contributed by atoms with van der Waals surface area (Å²) in [7, 11) is 0. The smallest absolute Gasteiger partial charge is 0.246 e. The van der Waals surface area contributed by atoms with Crippen molar-refractivity contribution >= 4 is 17.3 Å². The van der Waals surface area contributed by atoms with Crippen molar-refractivity contribution in [1.29, 1.82) is 0 Å². The van der Waals surface area contributed by atoms with E-state index in [1.807, 2.05) is 18.2 Å². The molecule has 2 rings (SSSR count). The molecule has 2 N–H and O–H groups in total. The zero-order chi connectivity index (χ0) is 16.3. The van der Waals surface area contributed by atoms with Crippen LogP contribution in [0.4, 0.5) is 17.3 Å². The molecule has 0 aliphatic carbocycles. The van der Waals surface area contributed by atoms with Crippen LogP contribution >= 0.6 is 0 Å². The van der Waals surface area contributed by atoms with E-state index in [0.717, 1.165) is 56.0 Å². The minimum atomic E-state index is 0.493. The molecule has 6 nitrogen and oxygen atoms in total. The van der Waals surface area contributed by atoms with Gasteiger partial charge in [-0.05, 0) is 25.0 Å². The lowest BCUT2D eigenvalue weighted by molar-refractivity contribution is 0.309. The molecule has 0 aliphatic rings. The van der Waals surface area contributed by atoms with Gasteiger partial charge in [0, 0.05) is 25.0 Å². The zero-order valence-electron chi connectivity index (χ0n) is 13.9. The molecule has 6 heteroatoms. The molecule has 0 atom stereocenters. The third kappa shape index (κ3) is 5.73. The van der Waals surface area contributed by atoms with Crippen LogP contribution in [0.3, 0.4) is 0 Å². The Labute approximate surface area is 137 Å². The Kier molecular flexibility index (Phi) is 7.10. The number of rotatable bonds is 10. The van der Waals surface area contributed by atoms with E-state index in [1.165, 1.54) is 0 Å². The number of H-pyrrole nitrogens is 1. The lowest BCUT2D eigenvalue weighted by atomic mass is 10.2. The fourth-order valence-electron chi connectivity index (χ4n) is 1.98. The maximum absolute atomic E-state index is 5.77. The molecule has 2 aromatic rings. The summed E-state index contributed by atoms with van der Waals surface area (Å²) in [6, 6.07) is 5.83. The molecule has 1 heterocycles. The summed E-state index contributed by atoms with van der Waals surface area (Å²) in [5, 5.41) is 11.8. The van der Waals surface area contributed by atoms with Crippen molar-refractivity contribution in [2.24, 2.45) is 10.2 Å². The minimum Gasteiger partial charge on any atom is -0.494 e. The monoisotopic (exact) mass is 315 g/mol. The van der Waals surface area contributed by atoms with Crippen LogP contribution in [0.5, 0.6) is 5.75 Å². The van der Waals surface area contributed by atoms with Gasteiger partial charge < -0.3 is 15.0 Å². The van der Waals surface area contributed by atoms with Gasteiger partial charge in [0.25, 0.3) is 0 Å². The van der Waals surface area contributed by atoms with E-state index in [9.17, 15) is 0 Å². The number of hydrogen-bond donors (Lipinski definition) is 2. The van der Waals surface area contributed by atoms with Crippen LogP contribution in [-0.4, -0.2) is 23.1 Å². The summed E-state index contributed by atoms with van der Waals surface area (Å²) >= 11 is 0. The highest BCUT2D eigenvalue weighted by atomic mass is 16.5. The molecule has 1 aromatic heterocycles. The Bertz CT molecular complexity index is 595. The number of aromatic amines is 1. The van der Waals surface area contributed by atoms with Crippen molar-refractivity contribution in [2.45, 2.75) is 39.5 Å². The largest absolute Gasteiger partial charge is 0.494 e. The molecule has 124 valence electrons. The summed E-state index contributed by atoms with van der Waals surface area (Å²) < 4.78 is 5.77. The van der Waals surface area contributed by atoms with Crippen LogP contribution < -0.4 is 10.1 Å². The minimum absolute atomic E-state index is 0.493. The van der Waals surface area contributed by atoms with Crippen LogP contribution in [0.2, 0.25) is 0 Å². The second-order valence-corrected chi connectivity index (χ2v) is 5.27. The van der Waals surface area contributed by atoms with E-state index in [2.05, 4.69) is 39.4 Å². The van der Waals surface area contributed by atoms with Crippen molar-refractivity contribution in [2.75, 3.05) is 18.5 Å². The first-order valence-electron chi connectivity index (χ1n) is 8.25. The number of nitrogens with zero attached hydrogens (tertiary/aromatic N) is 3. The molecule has 1 aromatic carbocycles. The standard InChI is InChI=1S/C17H25N5O/c1-3-5-9-18-16-13-14(23-12-6-4-2)7-8-15(16)21-22-17-19-10-11-20-17/h7-8,10-11,13,18H,3-6,9,12H2,1-2H3,(H,19,20). The highest BCUT2D eigenvalue weighted by molar-refractivity contribution is 5.67. The lowest BCUT2D eigenvalue weighted by Crippen LogP contribution is -2.02. The van der Waals surface area contributed by atoms with E-state index in [4.69, 9.17) is 4.74 Å². The first kappa shape index (κ1) is 17.0. The summed E-state index contributed by atoms with van der Waals surface area (Å²) in [4.78, 5) is 6.95.